The second kappa shape index (κ2) is 6.87. The molecule has 0 aromatic carbocycles. The number of carbonyl (C=O) groups excluding carboxylic acids is 1. The number of hydrogen-bond donors (Lipinski definition) is 2. The van der Waals surface area contributed by atoms with E-state index in [1.165, 1.54) is 11.8 Å². The molecule has 0 aliphatic rings. The fourth-order valence-corrected chi connectivity index (χ4v) is 3.19. The van der Waals surface area contributed by atoms with Gasteiger partial charge in [0.25, 0.3) is 0 Å². The first-order chi connectivity index (χ1) is 9.54. The van der Waals surface area contributed by atoms with E-state index in [0.29, 0.717) is 5.82 Å². The number of aromatic carboxylic acids is 1. The minimum atomic E-state index is -0.953. The summed E-state index contributed by atoms with van der Waals surface area (Å²) < 4.78 is 0.837. The van der Waals surface area contributed by atoms with Crippen molar-refractivity contribution in [2.75, 3.05) is 11.1 Å². The molecule has 0 fully saturated rings. The van der Waals surface area contributed by atoms with Gasteiger partial charge in [0.2, 0.25) is 5.91 Å². The molecule has 2 N–H and O–H groups in total. The molecular formula is C12H9BrN2O3S2. The topological polar surface area (TPSA) is 79.3 Å². The molecule has 0 saturated carbocycles. The van der Waals surface area contributed by atoms with E-state index in [0.717, 1.165) is 20.7 Å². The molecule has 104 valence electrons. The smallest absolute Gasteiger partial charge is 0.345 e. The van der Waals surface area contributed by atoms with Crippen LogP contribution in [0.3, 0.4) is 0 Å². The third kappa shape index (κ3) is 4.32. The zero-order valence-corrected chi connectivity index (χ0v) is 13.2. The lowest BCUT2D eigenvalue weighted by Gasteiger charge is -2.03. The molecule has 0 radical (unpaired) electrons. The summed E-state index contributed by atoms with van der Waals surface area (Å²) in [5, 5.41) is 13.2. The van der Waals surface area contributed by atoms with Crippen LogP contribution in [-0.2, 0) is 4.79 Å². The fourth-order valence-electron chi connectivity index (χ4n) is 1.28. The molecule has 0 unspecified atom stereocenters. The molecule has 8 heteroatoms. The Morgan fingerprint density at radius 3 is 2.85 bits per heavy atom. The highest BCUT2D eigenvalue weighted by atomic mass is 79.9. The van der Waals surface area contributed by atoms with E-state index in [-0.39, 0.29) is 16.5 Å². The standard InChI is InChI=1S/C12H9BrN2O3S2/c13-7-1-2-10(14-4-7)15-11(16)6-19-8-3-9(12(17)18)20-5-8/h1-5H,6H2,(H,17,18)(H,14,15,16). The van der Waals surface area contributed by atoms with Gasteiger partial charge in [0.1, 0.15) is 10.7 Å². The normalized spacial score (nSPS) is 10.2. The summed E-state index contributed by atoms with van der Waals surface area (Å²) >= 11 is 5.69. The number of anilines is 1. The maximum atomic E-state index is 11.7. The van der Waals surface area contributed by atoms with Crippen LogP contribution in [0.2, 0.25) is 0 Å². The van der Waals surface area contributed by atoms with Gasteiger partial charge in [0.05, 0.1) is 5.75 Å². The average Bonchev–Trinajstić information content (AvgIpc) is 2.88. The van der Waals surface area contributed by atoms with E-state index in [2.05, 4.69) is 26.2 Å². The first-order valence-electron chi connectivity index (χ1n) is 5.40. The van der Waals surface area contributed by atoms with Gasteiger partial charge in [0, 0.05) is 20.9 Å². The number of rotatable bonds is 5. The summed E-state index contributed by atoms with van der Waals surface area (Å²) in [4.78, 5) is 27.5. The number of hydrogen-bond acceptors (Lipinski definition) is 5. The van der Waals surface area contributed by atoms with Gasteiger partial charge in [-0.3, -0.25) is 4.79 Å². The molecule has 0 saturated heterocycles. The number of carboxylic acids is 1. The van der Waals surface area contributed by atoms with Gasteiger partial charge in [-0.25, -0.2) is 9.78 Å². The number of amides is 1. The maximum Gasteiger partial charge on any atom is 0.345 e. The van der Waals surface area contributed by atoms with Crippen LogP contribution in [0, 0.1) is 0 Å². The number of nitrogens with zero attached hydrogens (tertiary/aromatic N) is 1. The third-order valence-electron chi connectivity index (χ3n) is 2.15. The van der Waals surface area contributed by atoms with Crippen LogP contribution in [0.1, 0.15) is 9.67 Å². The number of aromatic nitrogens is 1. The monoisotopic (exact) mass is 372 g/mol. The summed E-state index contributed by atoms with van der Waals surface area (Å²) in [6.07, 6.45) is 1.60. The van der Waals surface area contributed by atoms with Gasteiger partial charge in [-0.05, 0) is 34.1 Å². The van der Waals surface area contributed by atoms with Crippen molar-refractivity contribution in [2.45, 2.75) is 4.90 Å². The summed E-state index contributed by atoms with van der Waals surface area (Å²) in [6, 6.07) is 5.04. The van der Waals surface area contributed by atoms with Crippen molar-refractivity contribution >= 4 is 56.7 Å². The Kier molecular flexibility index (Phi) is 5.16. The van der Waals surface area contributed by atoms with Gasteiger partial charge >= 0.3 is 5.97 Å². The molecule has 5 nitrogen and oxygen atoms in total. The van der Waals surface area contributed by atoms with Crippen LogP contribution >= 0.6 is 39.0 Å². The van der Waals surface area contributed by atoms with Crippen molar-refractivity contribution in [2.24, 2.45) is 0 Å². The van der Waals surface area contributed by atoms with Crippen molar-refractivity contribution in [1.29, 1.82) is 0 Å². The molecule has 0 atom stereocenters. The SMILES string of the molecule is O=C(CSc1csc(C(=O)O)c1)Nc1ccc(Br)cn1. The molecule has 0 aliphatic carbocycles. The number of carbonyl (C=O) groups is 2. The Morgan fingerprint density at radius 2 is 2.25 bits per heavy atom. The fraction of sp³-hybridized carbons (Fsp3) is 0.0833. The lowest BCUT2D eigenvalue weighted by molar-refractivity contribution is -0.113. The van der Waals surface area contributed by atoms with Gasteiger partial charge in [0.15, 0.2) is 0 Å². The van der Waals surface area contributed by atoms with Crippen LogP contribution in [0.25, 0.3) is 0 Å². The molecule has 0 bridgehead atoms. The van der Waals surface area contributed by atoms with Crippen LogP contribution in [0.5, 0.6) is 0 Å². The average molecular weight is 373 g/mol. The van der Waals surface area contributed by atoms with E-state index in [4.69, 9.17) is 5.11 Å². The molecule has 2 heterocycles. The van der Waals surface area contributed by atoms with Crippen LogP contribution < -0.4 is 5.32 Å². The van der Waals surface area contributed by atoms with Crippen LogP contribution in [0.4, 0.5) is 5.82 Å². The summed E-state index contributed by atoms with van der Waals surface area (Å²) in [5.41, 5.74) is 0. The van der Waals surface area contributed by atoms with Gasteiger partial charge in [-0.1, -0.05) is 0 Å². The minimum absolute atomic E-state index is 0.187. The Morgan fingerprint density at radius 1 is 1.45 bits per heavy atom. The highest BCUT2D eigenvalue weighted by Crippen LogP contribution is 2.24. The zero-order chi connectivity index (χ0) is 14.5. The Balaban J connectivity index is 1.85. The van der Waals surface area contributed by atoms with Crippen LogP contribution in [0.15, 0.2) is 39.1 Å². The van der Waals surface area contributed by atoms with E-state index >= 15 is 0 Å². The number of thiophene rings is 1. The van der Waals surface area contributed by atoms with Crippen molar-refractivity contribution in [3.8, 4) is 0 Å². The molecule has 20 heavy (non-hydrogen) atoms. The number of pyridine rings is 1. The van der Waals surface area contributed by atoms with E-state index in [1.54, 1.807) is 29.8 Å². The largest absolute Gasteiger partial charge is 0.477 e. The summed E-state index contributed by atoms with van der Waals surface area (Å²) in [6.45, 7) is 0. The van der Waals surface area contributed by atoms with Gasteiger partial charge in [-0.15, -0.1) is 23.1 Å². The summed E-state index contributed by atoms with van der Waals surface area (Å²) in [5.74, 6) is -0.457. The highest BCUT2D eigenvalue weighted by molar-refractivity contribution is 9.10. The molecule has 0 aliphatic heterocycles. The molecule has 2 aromatic heterocycles. The van der Waals surface area contributed by atoms with Gasteiger partial charge in [-0.2, -0.15) is 0 Å². The van der Waals surface area contributed by atoms with Crippen molar-refractivity contribution < 1.29 is 14.7 Å². The Labute approximate surface area is 131 Å². The lowest BCUT2D eigenvalue weighted by atomic mass is 10.4. The number of nitrogens with one attached hydrogen (secondary N) is 1. The highest BCUT2D eigenvalue weighted by Gasteiger charge is 2.09. The number of carboxylic acid groups (broad SMARTS) is 1. The minimum Gasteiger partial charge on any atom is -0.477 e. The molecule has 2 aromatic rings. The lowest BCUT2D eigenvalue weighted by Crippen LogP contribution is -2.14. The predicted molar refractivity (Wildman–Crippen MR) is 82.6 cm³/mol. The van der Waals surface area contributed by atoms with E-state index < -0.39 is 5.97 Å². The van der Waals surface area contributed by atoms with Gasteiger partial charge < -0.3 is 10.4 Å². The van der Waals surface area contributed by atoms with E-state index in [9.17, 15) is 9.59 Å². The second-order valence-corrected chi connectivity index (χ2v) is 6.53. The predicted octanol–water partition coefficient (Wildman–Crippen LogP) is 3.33. The van der Waals surface area contributed by atoms with Crippen molar-refractivity contribution in [3.05, 3.63) is 39.1 Å². The maximum absolute atomic E-state index is 11.7. The quantitative estimate of drug-likeness (QED) is 0.786. The first-order valence-corrected chi connectivity index (χ1v) is 8.06. The first kappa shape index (κ1) is 15.0. The molecule has 1 amide bonds. The number of halogens is 1. The second-order valence-electron chi connectivity index (χ2n) is 3.65. The molecular weight excluding hydrogens is 364 g/mol. The number of thioether (sulfide) groups is 1. The Bertz CT molecular complexity index is 628. The zero-order valence-electron chi connectivity index (χ0n) is 10.00. The molecule has 2 rings (SSSR count). The Hall–Kier alpha value is -1.38. The third-order valence-corrected chi connectivity index (χ3v) is 4.66. The summed E-state index contributed by atoms with van der Waals surface area (Å²) in [7, 11) is 0. The van der Waals surface area contributed by atoms with Crippen molar-refractivity contribution in [3.63, 3.8) is 0 Å². The molecule has 0 spiro atoms. The van der Waals surface area contributed by atoms with Crippen molar-refractivity contribution in [1.82, 2.24) is 4.98 Å². The van der Waals surface area contributed by atoms with Crippen LogP contribution in [-0.4, -0.2) is 27.7 Å². The van der Waals surface area contributed by atoms with E-state index in [1.807, 2.05) is 0 Å².